The number of ether oxygens (including phenoxy) is 8. The molecule has 17 rings (SSSR count). The van der Waals surface area contributed by atoms with Gasteiger partial charge in [0.05, 0.1) is 44.5 Å². The van der Waals surface area contributed by atoms with Crippen molar-refractivity contribution in [3.8, 4) is 138 Å². The zero-order chi connectivity index (χ0) is 90.7. The van der Waals surface area contributed by atoms with E-state index in [1.807, 2.05) is 0 Å². The van der Waals surface area contributed by atoms with Crippen molar-refractivity contribution in [2.75, 3.05) is 0 Å². The molecule has 12 aromatic carbocycles. The van der Waals surface area contributed by atoms with Crippen LogP contribution in [0.1, 0.15) is 44.5 Å². The lowest BCUT2D eigenvalue weighted by Crippen LogP contribution is -2.05. The Labute approximate surface area is 698 Å². The minimum absolute atomic E-state index is 0.284. The molecule has 0 saturated carbocycles. The summed E-state index contributed by atoms with van der Waals surface area (Å²) in [6.45, 7) is 0. The van der Waals surface area contributed by atoms with Gasteiger partial charge in [-0.2, -0.15) is 105 Å². The molecule has 2 N–H and O–H groups in total. The number of hydrogen-bond acceptors (Lipinski definition) is 14. The maximum absolute atomic E-state index is 14.5. The molecule has 8 bridgehead atoms. The predicted octanol–water partition coefficient (Wildman–Crippen LogP) is 29.4. The molecule has 3 aromatic heterocycles. The van der Waals surface area contributed by atoms with Crippen molar-refractivity contribution in [1.29, 1.82) is 0 Å². The number of nitrogens with zero attached hydrogens (tertiary/aromatic N) is 6. The molecule has 650 valence electrons. The molecule has 0 aliphatic carbocycles. The molecule has 128 heavy (non-hydrogen) atoms. The lowest BCUT2D eigenvalue weighted by atomic mass is 10.1. The van der Waals surface area contributed by atoms with Crippen LogP contribution >= 0.6 is 0 Å². The SMILES string of the molecule is FC(F)(F)c1cccc(Oc2cc3c(cc2Oc2cccc(C(F)(F)F)c2)-c2nc-3nc3[nH]c(nc4nc(nc5[nH]c(n2)c2cc(Oc6cccc(C(F)(F)F)c6)c(Oc6cccc(C(F)(F)F)c6)cc52)-c2cc(Oc5cccc(C(F)(F)F)c5)c(Oc5cccc(C(F)(F)F)c5)cc2-4)c2cc(Oc4cccc(C(F)(F)F)c4)c(Oc4cccc(C(F)(F)F)c4)cc32)c1. The Kier molecular flexibility index (Phi) is 20.9. The van der Waals surface area contributed by atoms with Gasteiger partial charge in [0.2, 0.25) is 0 Å². The van der Waals surface area contributed by atoms with Gasteiger partial charge in [0.15, 0.2) is 69.3 Å². The van der Waals surface area contributed by atoms with E-state index in [-0.39, 0.29) is 43.8 Å². The van der Waals surface area contributed by atoms with Gasteiger partial charge in [0, 0.05) is 43.8 Å². The molecule has 15 aromatic rings. The first-order chi connectivity index (χ1) is 60.3. The van der Waals surface area contributed by atoms with E-state index in [0.29, 0.717) is 97.1 Å². The van der Waals surface area contributed by atoms with E-state index < -0.39 is 232 Å². The maximum Gasteiger partial charge on any atom is 0.416 e. The number of aromatic nitrogens is 8. The standard InChI is InChI=1S/C88H42F24N8O8/c89-81(90,91)41-9-1-17-49(25-41)121-65-33-57-58(34-66(65)122-50-18-2-10-42(26-50)82(92,93)94)74-113-73(57)117-75-59-35-67(123-51-19-3-11-43(27-51)83(95,96)97)68(124-52-20-4-12-44(28-52)84(98,99)100)36-60(59)77(114-75)119-79-63-39-71(127-55-23-7-15-47(31-55)87(107,108)109)72(128-56-24-8-16-48(32-56)88(110,111)112)40-64(63)80(116-79)120-78-62-38-70(126-54-22-6-14-46(30-54)86(104,105)106)69(37-61(62)76(115-78)118-74)125-53-21-5-13-45(29-53)85(101,102)103/h1-40H,(H2,113,114,115,116,117,118,119,120). The molecular formula is C88H42F24N8O8. The Morgan fingerprint density at radius 3 is 0.453 bits per heavy atom. The third-order valence-corrected chi connectivity index (χ3v) is 19.2. The van der Waals surface area contributed by atoms with Crippen LogP contribution in [0.15, 0.2) is 243 Å². The molecule has 0 spiro atoms. The summed E-state index contributed by atoms with van der Waals surface area (Å²) in [6.07, 6.45) is -40.3. The average molecular weight is 1800 g/mol. The van der Waals surface area contributed by atoms with E-state index in [1.54, 1.807) is 0 Å². The number of benzene rings is 12. The van der Waals surface area contributed by atoms with E-state index in [0.717, 1.165) is 146 Å². The number of nitrogens with one attached hydrogen (secondary N) is 2. The van der Waals surface area contributed by atoms with Crippen LogP contribution in [0, 0.1) is 0 Å². The largest absolute Gasteiger partial charge is 0.453 e. The van der Waals surface area contributed by atoms with Crippen LogP contribution in [-0.4, -0.2) is 39.9 Å². The second kappa shape index (κ2) is 31.4. The van der Waals surface area contributed by atoms with Gasteiger partial charge in [-0.25, -0.2) is 29.9 Å². The normalized spacial score (nSPS) is 12.7. The molecule has 2 aliphatic heterocycles. The Bertz CT molecular complexity index is 6310. The number of H-pyrrole nitrogens is 2. The summed E-state index contributed by atoms with van der Waals surface area (Å²) in [6, 6.07) is 33.6. The Balaban J connectivity index is 1.01. The zero-order valence-electron chi connectivity index (χ0n) is 63.1. The number of rotatable bonds is 16. The number of hydrogen-bond donors (Lipinski definition) is 2. The molecular weight excluding hydrogens is 1750 g/mol. The lowest BCUT2D eigenvalue weighted by molar-refractivity contribution is -0.138. The zero-order valence-corrected chi connectivity index (χ0v) is 63.1. The molecule has 0 saturated heterocycles. The van der Waals surface area contributed by atoms with Crippen LogP contribution in [0.5, 0.6) is 92.0 Å². The summed E-state index contributed by atoms with van der Waals surface area (Å²) in [5.41, 5.74) is -13.5. The lowest BCUT2D eigenvalue weighted by Gasteiger charge is -2.16. The Hall–Kier alpha value is -15.3. The number of aromatic amines is 2. The molecule has 16 nitrogen and oxygen atoms in total. The number of alkyl halides is 24. The van der Waals surface area contributed by atoms with E-state index >= 15 is 0 Å². The third-order valence-electron chi connectivity index (χ3n) is 19.2. The van der Waals surface area contributed by atoms with Crippen LogP contribution in [0.4, 0.5) is 105 Å². The fourth-order valence-corrected chi connectivity index (χ4v) is 13.4. The van der Waals surface area contributed by atoms with Gasteiger partial charge in [0.1, 0.15) is 68.6 Å². The van der Waals surface area contributed by atoms with Crippen LogP contribution < -0.4 is 37.9 Å². The maximum atomic E-state index is 14.5. The van der Waals surface area contributed by atoms with E-state index in [1.165, 1.54) is 0 Å². The van der Waals surface area contributed by atoms with E-state index in [2.05, 4.69) is 9.97 Å². The summed E-state index contributed by atoms with van der Waals surface area (Å²) in [7, 11) is 0. The molecule has 0 unspecified atom stereocenters. The second-order valence-electron chi connectivity index (χ2n) is 28.0. The van der Waals surface area contributed by atoms with Crippen LogP contribution in [0.3, 0.4) is 0 Å². The van der Waals surface area contributed by atoms with Crippen molar-refractivity contribution < 1.29 is 143 Å². The molecule has 0 atom stereocenters. The smallest absolute Gasteiger partial charge is 0.416 e. The van der Waals surface area contributed by atoms with Crippen molar-refractivity contribution in [2.45, 2.75) is 49.4 Å². The summed E-state index contributed by atoms with van der Waals surface area (Å²) >= 11 is 0. The van der Waals surface area contributed by atoms with Crippen molar-refractivity contribution in [2.24, 2.45) is 0 Å². The molecule has 5 heterocycles. The van der Waals surface area contributed by atoms with Crippen LogP contribution in [0.2, 0.25) is 0 Å². The molecule has 2 aliphatic rings. The monoisotopic (exact) mass is 1790 g/mol. The quantitative estimate of drug-likeness (QED) is 0.0871. The average Bonchev–Trinajstić information content (AvgIpc) is 1.58. The molecule has 0 amide bonds. The van der Waals surface area contributed by atoms with Gasteiger partial charge >= 0.3 is 49.4 Å². The summed E-state index contributed by atoms with van der Waals surface area (Å²) < 4.78 is 398. The van der Waals surface area contributed by atoms with Gasteiger partial charge in [0.25, 0.3) is 0 Å². The van der Waals surface area contributed by atoms with Gasteiger partial charge in [-0.3, -0.25) is 0 Å². The highest BCUT2D eigenvalue weighted by Gasteiger charge is 2.39. The highest BCUT2D eigenvalue weighted by atomic mass is 19.4. The fourth-order valence-electron chi connectivity index (χ4n) is 13.4. The fraction of sp³-hybridized carbons (Fsp3) is 0.0909. The highest BCUT2D eigenvalue weighted by molar-refractivity contribution is 6.08. The van der Waals surface area contributed by atoms with Crippen molar-refractivity contribution in [1.82, 2.24) is 39.9 Å². The van der Waals surface area contributed by atoms with Gasteiger partial charge in [-0.15, -0.1) is 0 Å². The first kappa shape index (κ1) is 84.9. The predicted molar refractivity (Wildman–Crippen MR) is 408 cm³/mol. The summed E-state index contributed by atoms with van der Waals surface area (Å²) in [5.74, 6) is -12.1. The highest BCUT2D eigenvalue weighted by Crippen LogP contribution is 2.53. The minimum atomic E-state index is -5.04. The summed E-state index contributed by atoms with van der Waals surface area (Å²) in [4.78, 5) is 35.2. The second-order valence-corrected chi connectivity index (χ2v) is 28.0. The Morgan fingerprint density at radius 1 is 0.172 bits per heavy atom. The van der Waals surface area contributed by atoms with Crippen molar-refractivity contribution >= 4 is 44.1 Å². The Morgan fingerprint density at radius 2 is 0.312 bits per heavy atom. The molecule has 0 radical (unpaired) electrons. The molecule has 40 heteroatoms. The van der Waals surface area contributed by atoms with Crippen molar-refractivity contribution in [3.05, 3.63) is 287 Å². The van der Waals surface area contributed by atoms with E-state index in [9.17, 15) is 105 Å². The van der Waals surface area contributed by atoms with Crippen LogP contribution in [0.25, 0.3) is 89.7 Å². The number of fused-ring (bicyclic) bond motifs is 20. The van der Waals surface area contributed by atoms with Crippen LogP contribution in [-0.2, 0) is 49.4 Å². The van der Waals surface area contributed by atoms with Gasteiger partial charge in [-0.1, -0.05) is 48.5 Å². The molecule has 0 fully saturated rings. The minimum Gasteiger partial charge on any atom is -0.453 e. The van der Waals surface area contributed by atoms with Gasteiger partial charge < -0.3 is 47.9 Å². The topological polar surface area (TPSA) is 183 Å². The summed E-state index contributed by atoms with van der Waals surface area (Å²) in [5, 5.41) is -1.14. The number of halogens is 24. The van der Waals surface area contributed by atoms with Crippen molar-refractivity contribution in [3.63, 3.8) is 0 Å². The van der Waals surface area contributed by atoms with E-state index in [4.69, 9.17) is 67.8 Å². The first-order valence-electron chi connectivity index (χ1n) is 36.7. The first-order valence-corrected chi connectivity index (χ1v) is 36.7. The van der Waals surface area contributed by atoms with Gasteiger partial charge in [-0.05, 0) is 194 Å². The third kappa shape index (κ3) is 17.9.